The monoisotopic (exact) mass is 386 g/mol. The summed E-state index contributed by atoms with van der Waals surface area (Å²) >= 11 is 1.53. The third-order valence-corrected chi connectivity index (χ3v) is 4.37. The van der Waals surface area contributed by atoms with Crippen molar-refractivity contribution in [2.45, 2.75) is 45.2 Å². The lowest BCUT2D eigenvalue weighted by molar-refractivity contribution is -0.123. The fourth-order valence-corrected chi connectivity index (χ4v) is 2.90. The Labute approximate surface area is 164 Å². The zero-order valence-electron chi connectivity index (χ0n) is 16.1. The molecule has 0 aliphatic rings. The summed E-state index contributed by atoms with van der Waals surface area (Å²) in [7, 11) is 0. The van der Waals surface area contributed by atoms with E-state index in [0.717, 1.165) is 23.4 Å². The molecule has 1 aromatic heterocycles. The van der Waals surface area contributed by atoms with Crippen LogP contribution in [-0.2, 0) is 11.2 Å². The predicted octanol–water partition coefficient (Wildman–Crippen LogP) is 3.77. The average Bonchev–Trinajstić information content (AvgIpc) is 2.65. The maximum Gasteiger partial charge on any atom is 0.278 e. The van der Waals surface area contributed by atoms with Crippen molar-refractivity contribution in [3.05, 3.63) is 47.2 Å². The molecule has 144 valence electrons. The normalized spacial score (nSPS) is 10.9. The van der Waals surface area contributed by atoms with Crippen LogP contribution in [0.15, 0.2) is 40.6 Å². The molecule has 0 radical (unpaired) electrons. The number of benzene rings is 1. The van der Waals surface area contributed by atoms with Gasteiger partial charge in [0, 0.05) is 11.8 Å². The molecule has 7 heteroatoms. The minimum atomic E-state index is -0.341. The van der Waals surface area contributed by atoms with E-state index in [0.29, 0.717) is 11.0 Å². The lowest BCUT2D eigenvalue weighted by atomic mass is 10.1. The molecular weight excluding hydrogens is 360 g/mol. The Kier molecular flexibility index (Phi) is 8.77. The molecule has 1 heterocycles. The first-order chi connectivity index (χ1) is 13.1. The Morgan fingerprint density at radius 3 is 2.74 bits per heavy atom. The van der Waals surface area contributed by atoms with Gasteiger partial charge in [0.15, 0.2) is 11.8 Å². The summed E-state index contributed by atoms with van der Waals surface area (Å²) in [5.74, 6) is 0.921. The molecule has 0 aliphatic carbocycles. The van der Waals surface area contributed by atoms with Crippen molar-refractivity contribution < 1.29 is 9.53 Å². The Morgan fingerprint density at radius 1 is 1.26 bits per heavy atom. The average molecular weight is 387 g/mol. The van der Waals surface area contributed by atoms with Gasteiger partial charge in [0.2, 0.25) is 5.88 Å². The predicted molar refractivity (Wildman–Crippen MR) is 109 cm³/mol. The maximum atomic E-state index is 11.9. The summed E-state index contributed by atoms with van der Waals surface area (Å²) in [5.41, 5.74) is 5.51. The first-order valence-corrected chi connectivity index (χ1v) is 10.1. The number of hydrazone groups is 1. The third kappa shape index (κ3) is 7.78. The van der Waals surface area contributed by atoms with Crippen LogP contribution in [0.5, 0.6) is 5.88 Å². The van der Waals surface area contributed by atoms with Gasteiger partial charge in [-0.25, -0.2) is 10.4 Å². The Morgan fingerprint density at radius 2 is 2.04 bits per heavy atom. The van der Waals surface area contributed by atoms with Gasteiger partial charge < -0.3 is 4.74 Å². The van der Waals surface area contributed by atoms with E-state index in [1.54, 1.807) is 12.3 Å². The van der Waals surface area contributed by atoms with E-state index >= 15 is 0 Å². The van der Waals surface area contributed by atoms with Crippen LogP contribution in [0.25, 0.3) is 0 Å². The van der Waals surface area contributed by atoms with Gasteiger partial charge in [-0.05, 0) is 36.6 Å². The van der Waals surface area contributed by atoms with Gasteiger partial charge in [-0.2, -0.15) is 10.1 Å². The van der Waals surface area contributed by atoms with Crippen molar-refractivity contribution in [1.29, 1.82) is 0 Å². The molecule has 0 fully saturated rings. The summed E-state index contributed by atoms with van der Waals surface area (Å²) in [6.45, 7) is 5.93. The van der Waals surface area contributed by atoms with Crippen LogP contribution >= 0.6 is 11.8 Å². The Bertz CT molecular complexity index is 763. The van der Waals surface area contributed by atoms with Gasteiger partial charge in [0.05, 0.1) is 6.21 Å². The van der Waals surface area contributed by atoms with Crippen LogP contribution < -0.4 is 10.2 Å². The van der Waals surface area contributed by atoms with Gasteiger partial charge in [-0.15, -0.1) is 0 Å². The van der Waals surface area contributed by atoms with Crippen LogP contribution in [0.3, 0.4) is 0 Å². The fraction of sp³-hybridized carbons (Fsp3) is 0.400. The second kappa shape index (κ2) is 11.3. The van der Waals surface area contributed by atoms with Crippen molar-refractivity contribution in [1.82, 2.24) is 15.4 Å². The van der Waals surface area contributed by atoms with E-state index in [9.17, 15) is 4.79 Å². The molecule has 0 spiro atoms. The second-order valence-corrected chi connectivity index (χ2v) is 7.22. The molecule has 2 aromatic rings. The van der Waals surface area contributed by atoms with E-state index < -0.39 is 0 Å². The summed E-state index contributed by atoms with van der Waals surface area (Å²) in [5, 5.41) is 4.62. The van der Waals surface area contributed by atoms with Crippen LogP contribution in [0.1, 0.15) is 43.5 Å². The summed E-state index contributed by atoms with van der Waals surface area (Å²) in [6, 6.07) is 9.87. The fourth-order valence-electron chi connectivity index (χ4n) is 2.28. The van der Waals surface area contributed by atoms with Crippen LogP contribution in [0.4, 0.5) is 0 Å². The minimum absolute atomic E-state index is 0.153. The lowest BCUT2D eigenvalue weighted by Gasteiger charge is -2.06. The van der Waals surface area contributed by atoms with E-state index in [2.05, 4.69) is 39.6 Å². The molecule has 1 amide bonds. The molecule has 1 N–H and O–H groups in total. The molecule has 0 saturated carbocycles. The van der Waals surface area contributed by atoms with Gasteiger partial charge in [0.1, 0.15) is 0 Å². The molecule has 6 nitrogen and oxygen atoms in total. The third-order valence-electron chi connectivity index (χ3n) is 3.64. The molecule has 27 heavy (non-hydrogen) atoms. The molecule has 2 rings (SSSR count). The number of nitrogens with zero attached hydrogens (tertiary/aromatic N) is 3. The number of rotatable bonds is 10. The highest BCUT2D eigenvalue weighted by atomic mass is 32.2. The van der Waals surface area contributed by atoms with Gasteiger partial charge >= 0.3 is 0 Å². The summed E-state index contributed by atoms with van der Waals surface area (Å²) < 4.78 is 5.44. The largest absolute Gasteiger partial charge is 0.467 e. The number of amides is 1. The maximum absolute atomic E-state index is 11.9. The van der Waals surface area contributed by atoms with Crippen LogP contribution in [0, 0.1) is 6.92 Å². The van der Waals surface area contributed by atoms with Crippen molar-refractivity contribution in [2.24, 2.45) is 5.10 Å². The van der Waals surface area contributed by atoms with Gasteiger partial charge in [0.25, 0.3) is 5.91 Å². The molecule has 0 atom stereocenters. The van der Waals surface area contributed by atoms with E-state index in [4.69, 9.17) is 4.74 Å². The number of carbonyl (C=O) groups is 1. The van der Waals surface area contributed by atoms with Gasteiger partial charge in [-0.1, -0.05) is 56.3 Å². The quantitative estimate of drug-likeness (QED) is 0.291. The molecule has 0 unspecified atom stereocenters. The Hall–Kier alpha value is -2.41. The summed E-state index contributed by atoms with van der Waals surface area (Å²) in [4.78, 5) is 20.4. The minimum Gasteiger partial charge on any atom is -0.467 e. The zero-order chi connectivity index (χ0) is 19.5. The number of hydrogen-bond acceptors (Lipinski definition) is 6. The van der Waals surface area contributed by atoms with Crippen molar-refractivity contribution in [2.75, 3.05) is 12.4 Å². The molecule has 0 bridgehead atoms. The topological polar surface area (TPSA) is 76.5 Å². The molecule has 0 saturated heterocycles. The van der Waals surface area contributed by atoms with Crippen molar-refractivity contribution in [3.63, 3.8) is 0 Å². The molecule has 1 aromatic carbocycles. The number of ether oxygens (including phenoxy) is 1. The van der Waals surface area contributed by atoms with Crippen LogP contribution in [0.2, 0.25) is 0 Å². The van der Waals surface area contributed by atoms with E-state index in [-0.39, 0.29) is 12.5 Å². The van der Waals surface area contributed by atoms with E-state index in [1.807, 2.05) is 26.0 Å². The number of carbonyl (C=O) groups excluding carboxylic acids is 1. The number of aryl methyl sites for hydroxylation is 2. The lowest BCUT2D eigenvalue weighted by Crippen LogP contribution is -2.25. The SMILES string of the molecule is CCCCc1ccc(/C=N\NC(=O)COc2cc(C)nc(SCC)n2)cc1. The first kappa shape index (κ1) is 20.9. The first-order valence-electron chi connectivity index (χ1n) is 9.12. The molecular formula is C20H26N4O2S. The number of hydrogen-bond donors (Lipinski definition) is 1. The van der Waals surface area contributed by atoms with E-state index in [1.165, 1.54) is 30.2 Å². The summed E-state index contributed by atoms with van der Waals surface area (Å²) in [6.07, 6.45) is 5.08. The highest BCUT2D eigenvalue weighted by Gasteiger charge is 2.06. The molecule has 0 aliphatic heterocycles. The van der Waals surface area contributed by atoms with Crippen molar-refractivity contribution >= 4 is 23.9 Å². The smallest absolute Gasteiger partial charge is 0.278 e. The number of aromatic nitrogens is 2. The standard InChI is InChI=1S/C20H26N4O2S/c1-4-6-7-16-8-10-17(11-9-16)13-21-24-18(25)14-26-19-12-15(3)22-20(23-19)27-5-2/h8-13H,4-7,14H2,1-3H3,(H,24,25)/b21-13-. The zero-order valence-corrected chi connectivity index (χ0v) is 16.9. The Balaban J connectivity index is 1.79. The number of unbranched alkanes of at least 4 members (excludes halogenated alkanes) is 1. The highest BCUT2D eigenvalue weighted by molar-refractivity contribution is 7.99. The second-order valence-electron chi connectivity index (χ2n) is 5.99. The number of thioether (sulfide) groups is 1. The van der Waals surface area contributed by atoms with Crippen LogP contribution in [-0.4, -0.2) is 34.4 Å². The van der Waals surface area contributed by atoms with Crippen molar-refractivity contribution in [3.8, 4) is 5.88 Å². The highest BCUT2D eigenvalue weighted by Crippen LogP contribution is 2.17. The number of nitrogens with one attached hydrogen (secondary N) is 1. The van der Waals surface area contributed by atoms with Gasteiger partial charge in [-0.3, -0.25) is 4.79 Å².